The number of hydrogen-bond donors (Lipinski definition) is 2. The maximum atomic E-state index is 12.5. The average molecular weight is 317 g/mol. The highest BCUT2D eigenvalue weighted by atomic mass is 16.2. The van der Waals surface area contributed by atoms with Gasteiger partial charge in [-0.3, -0.25) is 4.79 Å². The van der Waals surface area contributed by atoms with Crippen molar-refractivity contribution in [3.8, 4) is 0 Å². The van der Waals surface area contributed by atoms with Crippen LogP contribution in [0.5, 0.6) is 0 Å². The van der Waals surface area contributed by atoms with E-state index in [1.807, 2.05) is 0 Å². The van der Waals surface area contributed by atoms with E-state index >= 15 is 0 Å². The first-order chi connectivity index (χ1) is 11.0. The highest BCUT2D eigenvalue weighted by Gasteiger charge is 2.34. The minimum Gasteiger partial charge on any atom is -0.357 e. The zero-order valence-corrected chi connectivity index (χ0v) is 14.3. The molecule has 0 spiro atoms. The van der Waals surface area contributed by atoms with Gasteiger partial charge in [0, 0.05) is 19.6 Å². The zero-order valence-electron chi connectivity index (χ0n) is 14.3. The van der Waals surface area contributed by atoms with Crippen LogP contribution in [0, 0.1) is 6.92 Å². The minimum absolute atomic E-state index is 0.0794. The molecule has 5 nitrogen and oxygen atoms in total. The van der Waals surface area contributed by atoms with Crippen molar-refractivity contribution in [2.75, 3.05) is 13.6 Å². The molecule has 1 heterocycles. The summed E-state index contributed by atoms with van der Waals surface area (Å²) in [6.45, 7) is 4.78. The lowest BCUT2D eigenvalue weighted by Gasteiger charge is -2.26. The predicted molar refractivity (Wildman–Crippen MR) is 91.3 cm³/mol. The number of rotatable bonds is 5. The van der Waals surface area contributed by atoms with Crippen LogP contribution in [0.2, 0.25) is 0 Å². The van der Waals surface area contributed by atoms with Gasteiger partial charge in [-0.25, -0.2) is 4.79 Å². The molecule has 1 fully saturated rings. The van der Waals surface area contributed by atoms with Crippen molar-refractivity contribution < 1.29 is 9.59 Å². The Bertz CT molecular complexity index is 542. The fourth-order valence-electron chi connectivity index (χ4n) is 3.01. The third-order valence-corrected chi connectivity index (χ3v) is 4.49. The smallest absolute Gasteiger partial charge is 0.318 e. The molecule has 23 heavy (non-hydrogen) atoms. The van der Waals surface area contributed by atoms with Gasteiger partial charge in [0.1, 0.15) is 6.04 Å². The summed E-state index contributed by atoms with van der Waals surface area (Å²) in [6.07, 6.45) is 3.28. The Morgan fingerprint density at radius 3 is 2.61 bits per heavy atom. The minimum atomic E-state index is -0.336. The molecular formula is C18H27N3O2. The van der Waals surface area contributed by atoms with E-state index in [0.29, 0.717) is 6.54 Å². The molecule has 2 rings (SSSR count). The number of aryl methyl sites for hydroxylation is 1. The molecule has 0 aliphatic carbocycles. The number of urea groups is 1. The van der Waals surface area contributed by atoms with Gasteiger partial charge in [0.05, 0.1) is 0 Å². The molecular weight excluding hydrogens is 290 g/mol. The van der Waals surface area contributed by atoms with E-state index in [2.05, 4.69) is 48.7 Å². The molecule has 3 amide bonds. The largest absolute Gasteiger partial charge is 0.357 e. The number of benzene rings is 1. The summed E-state index contributed by atoms with van der Waals surface area (Å²) in [6, 6.07) is 8.00. The van der Waals surface area contributed by atoms with Gasteiger partial charge >= 0.3 is 6.03 Å². The van der Waals surface area contributed by atoms with Crippen LogP contribution in [-0.4, -0.2) is 42.5 Å². The molecule has 1 aromatic rings. The van der Waals surface area contributed by atoms with Crippen molar-refractivity contribution in [1.82, 2.24) is 15.5 Å². The number of amides is 3. The normalized spacial score (nSPS) is 18.6. The second kappa shape index (κ2) is 7.99. The Morgan fingerprint density at radius 2 is 2.00 bits per heavy atom. The van der Waals surface area contributed by atoms with Crippen LogP contribution in [0.1, 0.15) is 37.3 Å². The summed E-state index contributed by atoms with van der Waals surface area (Å²) in [5.41, 5.74) is 2.45. The van der Waals surface area contributed by atoms with Gasteiger partial charge in [-0.1, -0.05) is 36.8 Å². The zero-order chi connectivity index (χ0) is 16.8. The van der Waals surface area contributed by atoms with E-state index in [0.717, 1.165) is 25.7 Å². The van der Waals surface area contributed by atoms with Gasteiger partial charge in [-0.2, -0.15) is 0 Å². The maximum Gasteiger partial charge on any atom is 0.318 e. The SMILES string of the molecule is CC[C@@H](Cc1ccc(C)cc1)NC(=O)N1CCC[C@@H]1C(=O)NC. The van der Waals surface area contributed by atoms with E-state index in [1.165, 1.54) is 11.1 Å². The maximum absolute atomic E-state index is 12.5. The lowest BCUT2D eigenvalue weighted by atomic mass is 10.0. The Kier molecular flexibility index (Phi) is 6.02. The number of nitrogens with one attached hydrogen (secondary N) is 2. The molecule has 1 aliphatic heterocycles. The second-order valence-corrected chi connectivity index (χ2v) is 6.21. The summed E-state index contributed by atoms with van der Waals surface area (Å²) in [5.74, 6) is -0.0794. The molecule has 0 radical (unpaired) electrons. The molecule has 0 aromatic heterocycles. The molecule has 126 valence electrons. The summed E-state index contributed by atoms with van der Waals surface area (Å²) >= 11 is 0. The van der Waals surface area contributed by atoms with Gasteiger partial charge in [-0.15, -0.1) is 0 Å². The third kappa shape index (κ3) is 4.47. The standard InChI is InChI=1S/C18H27N3O2/c1-4-15(12-14-9-7-13(2)8-10-14)20-18(23)21-11-5-6-16(21)17(22)19-3/h7-10,15-16H,4-6,11-12H2,1-3H3,(H,19,22)(H,20,23)/t15-,16+/m0/s1. The van der Waals surface area contributed by atoms with Crippen LogP contribution in [0.4, 0.5) is 4.79 Å². The Morgan fingerprint density at radius 1 is 1.30 bits per heavy atom. The molecule has 1 aromatic carbocycles. The van der Waals surface area contributed by atoms with E-state index in [4.69, 9.17) is 0 Å². The van der Waals surface area contributed by atoms with Crippen LogP contribution >= 0.6 is 0 Å². The van der Waals surface area contributed by atoms with Gasteiger partial charge in [0.15, 0.2) is 0 Å². The summed E-state index contributed by atoms with van der Waals surface area (Å²) in [5, 5.41) is 5.73. The lowest BCUT2D eigenvalue weighted by molar-refractivity contribution is -0.124. The second-order valence-electron chi connectivity index (χ2n) is 6.21. The highest BCUT2D eigenvalue weighted by molar-refractivity contribution is 5.87. The van der Waals surface area contributed by atoms with Crippen LogP contribution < -0.4 is 10.6 Å². The van der Waals surface area contributed by atoms with Crippen molar-refractivity contribution in [2.45, 2.75) is 51.6 Å². The molecule has 1 aliphatic rings. The van der Waals surface area contributed by atoms with E-state index in [-0.39, 0.29) is 24.0 Å². The summed E-state index contributed by atoms with van der Waals surface area (Å²) in [4.78, 5) is 26.1. The molecule has 0 unspecified atom stereocenters. The van der Waals surface area contributed by atoms with Gasteiger partial charge in [-0.05, 0) is 38.2 Å². The van der Waals surface area contributed by atoms with Crippen molar-refractivity contribution in [3.63, 3.8) is 0 Å². The fraction of sp³-hybridized carbons (Fsp3) is 0.556. The number of likely N-dealkylation sites (N-methyl/N-ethyl adjacent to an activating group) is 1. The Balaban J connectivity index is 1.96. The van der Waals surface area contributed by atoms with Gasteiger partial charge in [0.2, 0.25) is 5.91 Å². The van der Waals surface area contributed by atoms with Gasteiger partial charge in [0.25, 0.3) is 0 Å². The first kappa shape index (κ1) is 17.3. The number of nitrogens with zero attached hydrogens (tertiary/aromatic N) is 1. The van der Waals surface area contributed by atoms with Crippen molar-refractivity contribution in [3.05, 3.63) is 35.4 Å². The highest BCUT2D eigenvalue weighted by Crippen LogP contribution is 2.18. The average Bonchev–Trinajstić information content (AvgIpc) is 3.05. The number of hydrogen-bond acceptors (Lipinski definition) is 2. The van der Waals surface area contributed by atoms with Crippen LogP contribution in [0.3, 0.4) is 0 Å². The van der Waals surface area contributed by atoms with Crippen LogP contribution in [-0.2, 0) is 11.2 Å². The molecule has 0 saturated carbocycles. The molecule has 5 heteroatoms. The summed E-state index contributed by atoms with van der Waals surface area (Å²) < 4.78 is 0. The van der Waals surface area contributed by atoms with E-state index < -0.39 is 0 Å². The Hall–Kier alpha value is -2.04. The molecule has 2 atom stereocenters. The molecule has 1 saturated heterocycles. The molecule has 0 bridgehead atoms. The lowest BCUT2D eigenvalue weighted by Crippen LogP contribution is -2.51. The molecule has 2 N–H and O–H groups in total. The third-order valence-electron chi connectivity index (χ3n) is 4.49. The van der Waals surface area contributed by atoms with E-state index in [9.17, 15) is 9.59 Å². The first-order valence-electron chi connectivity index (χ1n) is 8.39. The number of carbonyl (C=O) groups is 2. The first-order valence-corrected chi connectivity index (χ1v) is 8.39. The van der Waals surface area contributed by atoms with E-state index in [1.54, 1.807) is 11.9 Å². The van der Waals surface area contributed by atoms with Crippen LogP contribution in [0.15, 0.2) is 24.3 Å². The Labute approximate surface area is 138 Å². The monoisotopic (exact) mass is 317 g/mol. The predicted octanol–water partition coefficient (Wildman–Crippen LogP) is 2.24. The van der Waals surface area contributed by atoms with Gasteiger partial charge < -0.3 is 15.5 Å². The quantitative estimate of drug-likeness (QED) is 0.875. The summed E-state index contributed by atoms with van der Waals surface area (Å²) in [7, 11) is 1.61. The van der Waals surface area contributed by atoms with Crippen molar-refractivity contribution in [1.29, 1.82) is 0 Å². The number of likely N-dealkylation sites (tertiary alicyclic amines) is 1. The van der Waals surface area contributed by atoms with Crippen LogP contribution in [0.25, 0.3) is 0 Å². The fourth-order valence-corrected chi connectivity index (χ4v) is 3.01. The van der Waals surface area contributed by atoms with Crippen molar-refractivity contribution in [2.24, 2.45) is 0 Å². The number of carbonyl (C=O) groups excluding carboxylic acids is 2. The topological polar surface area (TPSA) is 61.4 Å². The van der Waals surface area contributed by atoms with Crippen molar-refractivity contribution >= 4 is 11.9 Å².